The molecule has 1 fully saturated rings. The Labute approximate surface area is 131 Å². The zero-order valence-electron chi connectivity index (χ0n) is 12.7. The molecule has 0 aliphatic carbocycles. The maximum absolute atomic E-state index is 12.1. The molecule has 0 atom stereocenters. The van der Waals surface area contributed by atoms with Crippen LogP contribution < -0.4 is 4.90 Å². The van der Waals surface area contributed by atoms with Crippen molar-refractivity contribution in [1.29, 1.82) is 0 Å². The van der Waals surface area contributed by atoms with Gasteiger partial charge in [0, 0.05) is 62.8 Å². The first kappa shape index (κ1) is 14.7. The van der Waals surface area contributed by atoms with Gasteiger partial charge in [-0.3, -0.25) is 14.7 Å². The molecule has 114 valence electrons. The van der Waals surface area contributed by atoms with Crippen molar-refractivity contribution in [3.63, 3.8) is 0 Å². The van der Waals surface area contributed by atoms with Crippen LogP contribution in [0.25, 0.3) is 0 Å². The van der Waals surface area contributed by atoms with E-state index in [1.54, 1.807) is 12.4 Å². The molecule has 0 bridgehead atoms. The number of aromatic nitrogens is 1. The van der Waals surface area contributed by atoms with Gasteiger partial charge in [0.1, 0.15) is 0 Å². The molecule has 22 heavy (non-hydrogen) atoms. The predicted molar refractivity (Wildman–Crippen MR) is 88.3 cm³/mol. The molecule has 1 aromatic carbocycles. The minimum atomic E-state index is 0.179. The molecule has 2 aromatic rings. The minimum absolute atomic E-state index is 0.179. The van der Waals surface area contributed by atoms with Gasteiger partial charge in [-0.2, -0.15) is 0 Å². The zero-order chi connectivity index (χ0) is 15.2. The maximum atomic E-state index is 12.1. The van der Waals surface area contributed by atoms with E-state index in [4.69, 9.17) is 0 Å². The van der Waals surface area contributed by atoms with Crippen molar-refractivity contribution in [2.24, 2.45) is 0 Å². The molecule has 1 saturated heterocycles. The van der Waals surface area contributed by atoms with E-state index in [1.807, 2.05) is 18.2 Å². The summed E-state index contributed by atoms with van der Waals surface area (Å²) in [5, 5.41) is 0. The summed E-state index contributed by atoms with van der Waals surface area (Å²) in [6.45, 7) is 4.89. The number of pyridine rings is 1. The van der Waals surface area contributed by atoms with Crippen LogP contribution in [-0.2, 0) is 0 Å². The molecule has 0 N–H and O–H groups in total. The SMILES string of the molecule is O=C(CCN1CCN(c2ccccc2)CC1)c1cccnc1. The number of rotatable bonds is 5. The van der Waals surface area contributed by atoms with E-state index in [-0.39, 0.29) is 5.78 Å². The molecule has 0 amide bonds. The highest BCUT2D eigenvalue weighted by molar-refractivity contribution is 5.95. The number of piperazine rings is 1. The summed E-state index contributed by atoms with van der Waals surface area (Å²) in [6, 6.07) is 14.2. The van der Waals surface area contributed by atoms with Gasteiger partial charge < -0.3 is 4.90 Å². The smallest absolute Gasteiger partial charge is 0.165 e. The number of ketones is 1. The Kier molecular flexibility index (Phi) is 4.81. The van der Waals surface area contributed by atoms with Crippen molar-refractivity contribution >= 4 is 11.5 Å². The number of Topliss-reactive ketones (excluding diaryl/α,β-unsaturated/α-hetero) is 1. The number of hydrogen-bond acceptors (Lipinski definition) is 4. The lowest BCUT2D eigenvalue weighted by Gasteiger charge is -2.36. The fraction of sp³-hybridized carbons (Fsp3) is 0.333. The summed E-state index contributed by atoms with van der Waals surface area (Å²) >= 11 is 0. The highest BCUT2D eigenvalue weighted by Gasteiger charge is 2.17. The van der Waals surface area contributed by atoms with Crippen LogP contribution in [0.4, 0.5) is 5.69 Å². The van der Waals surface area contributed by atoms with E-state index >= 15 is 0 Å². The summed E-state index contributed by atoms with van der Waals surface area (Å²) in [5.41, 5.74) is 2.00. The van der Waals surface area contributed by atoms with E-state index in [0.29, 0.717) is 12.0 Å². The van der Waals surface area contributed by atoms with Crippen molar-refractivity contribution in [2.45, 2.75) is 6.42 Å². The van der Waals surface area contributed by atoms with Crippen LogP contribution in [0, 0.1) is 0 Å². The summed E-state index contributed by atoms with van der Waals surface area (Å²) in [6.07, 6.45) is 3.91. The Balaban J connectivity index is 1.45. The number of hydrogen-bond donors (Lipinski definition) is 0. The second-order valence-corrected chi connectivity index (χ2v) is 5.58. The number of carbonyl (C=O) groups is 1. The van der Waals surface area contributed by atoms with Gasteiger partial charge >= 0.3 is 0 Å². The molecule has 3 rings (SSSR count). The Bertz CT molecular complexity index is 592. The van der Waals surface area contributed by atoms with Gasteiger partial charge in [-0.1, -0.05) is 18.2 Å². The van der Waals surface area contributed by atoms with Gasteiger partial charge in [0.05, 0.1) is 0 Å². The number of carbonyl (C=O) groups excluding carboxylic acids is 1. The van der Waals surface area contributed by atoms with Crippen LogP contribution >= 0.6 is 0 Å². The minimum Gasteiger partial charge on any atom is -0.369 e. The lowest BCUT2D eigenvalue weighted by atomic mass is 10.1. The summed E-state index contributed by atoms with van der Waals surface area (Å²) < 4.78 is 0. The van der Waals surface area contributed by atoms with E-state index < -0.39 is 0 Å². The zero-order valence-corrected chi connectivity index (χ0v) is 12.7. The van der Waals surface area contributed by atoms with Crippen molar-refractivity contribution in [3.05, 3.63) is 60.4 Å². The van der Waals surface area contributed by atoms with Gasteiger partial charge in [0.15, 0.2) is 5.78 Å². The molecular formula is C18H21N3O. The first-order valence-electron chi connectivity index (χ1n) is 7.78. The van der Waals surface area contributed by atoms with Gasteiger partial charge in [0.2, 0.25) is 0 Å². The molecule has 1 aliphatic heterocycles. The van der Waals surface area contributed by atoms with Gasteiger partial charge in [-0.25, -0.2) is 0 Å². The second-order valence-electron chi connectivity index (χ2n) is 5.58. The lowest BCUT2D eigenvalue weighted by molar-refractivity contribution is 0.0962. The Hall–Kier alpha value is -2.20. The molecule has 4 nitrogen and oxygen atoms in total. The number of nitrogens with zero attached hydrogens (tertiary/aromatic N) is 3. The maximum Gasteiger partial charge on any atom is 0.165 e. The summed E-state index contributed by atoms with van der Waals surface area (Å²) in [5.74, 6) is 0.179. The highest BCUT2D eigenvalue weighted by Crippen LogP contribution is 2.15. The lowest BCUT2D eigenvalue weighted by Crippen LogP contribution is -2.46. The van der Waals surface area contributed by atoms with Crippen LogP contribution in [0.5, 0.6) is 0 Å². The van der Waals surface area contributed by atoms with Gasteiger partial charge in [-0.05, 0) is 24.3 Å². The third-order valence-corrected chi connectivity index (χ3v) is 4.13. The monoisotopic (exact) mass is 295 g/mol. The first-order valence-corrected chi connectivity index (χ1v) is 7.78. The largest absolute Gasteiger partial charge is 0.369 e. The summed E-state index contributed by atoms with van der Waals surface area (Å²) in [4.78, 5) is 20.9. The summed E-state index contributed by atoms with van der Waals surface area (Å²) in [7, 11) is 0. The molecule has 4 heteroatoms. The molecule has 0 spiro atoms. The van der Waals surface area contributed by atoms with E-state index in [2.05, 4.69) is 39.0 Å². The molecular weight excluding hydrogens is 274 g/mol. The van der Waals surface area contributed by atoms with Crippen LogP contribution in [-0.4, -0.2) is 48.4 Å². The van der Waals surface area contributed by atoms with Crippen molar-refractivity contribution in [1.82, 2.24) is 9.88 Å². The van der Waals surface area contributed by atoms with Crippen LogP contribution in [0.1, 0.15) is 16.8 Å². The average molecular weight is 295 g/mol. The Morgan fingerprint density at radius 2 is 1.77 bits per heavy atom. The normalized spacial score (nSPS) is 15.7. The predicted octanol–water partition coefficient (Wildman–Crippen LogP) is 2.48. The van der Waals surface area contributed by atoms with Gasteiger partial charge in [-0.15, -0.1) is 0 Å². The number of anilines is 1. The van der Waals surface area contributed by atoms with Crippen LogP contribution in [0.3, 0.4) is 0 Å². The molecule has 1 aromatic heterocycles. The molecule has 0 saturated carbocycles. The van der Waals surface area contributed by atoms with Crippen molar-refractivity contribution < 1.29 is 4.79 Å². The van der Waals surface area contributed by atoms with E-state index in [0.717, 1.165) is 32.7 Å². The third-order valence-electron chi connectivity index (χ3n) is 4.13. The standard InChI is InChI=1S/C18H21N3O/c22-18(16-5-4-9-19-15-16)8-10-20-11-13-21(14-12-20)17-6-2-1-3-7-17/h1-7,9,15H,8,10-14H2. The fourth-order valence-electron chi connectivity index (χ4n) is 2.80. The van der Waals surface area contributed by atoms with Crippen LogP contribution in [0.2, 0.25) is 0 Å². The van der Waals surface area contributed by atoms with E-state index in [1.165, 1.54) is 5.69 Å². The topological polar surface area (TPSA) is 36.4 Å². The Morgan fingerprint density at radius 3 is 2.45 bits per heavy atom. The molecule has 0 radical (unpaired) electrons. The first-order chi connectivity index (χ1) is 10.8. The second kappa shape index (κ2) is 7.18. The molecule has 2 heterocycles. The van der Waals surface area contributed by atoms with E-state index in [9.17, 15) is 4.79 Å². The fourth-order valence-corrected chi connectivity index (χ4v) is 2.80. The number of benzene rings is 1. The van der Waals surface area contributed by atoms with Crippen LogP contribution in [0.15, 0.2) is 54.9 Å². The third kappa shape index (κ3) is 3.71. The van der Waals surface area contributed by atoms with Crippen molar-refractivity contribution in [2.75, 3.05) is 37.6 Å². The Morgan fingerprint density at radius 1 is 1.00 bits per heavy atom. The highest BCUT2D eigenvalue weighted by atomic mass is 16.1. The van der Waals surface area contributed by atoms with Gasteiger partial charge in [0.25, 0.3) is 0 Å². The molecule has 0 unspecified atom stereocenters. The number of para-hydroxylation sites is 1. The molecule has 1 aliphatic rings. The quantitative estimate of drug-likeness (QED) is 0.794. The average Bonchev–Trinajstić information content (AvgIpc) is 2.61. The van der Waals surface area contributed by atoms with Crippen molar-refractivity contribution in [3.8, 4) is 0 Å².